The predicted octanol–water partition coefficient (Wildman–Crippen LogP) is -0.0512. The van der Waals surface area contributed by atoms with Crippen molar-refractivity contribution in [3.8, 4) is 0 Å². The number of carbonyl (C=O) groups excluding carboxylic acids is 2. The van der Waals surface area contributed by atoms with E-state index < -0.39 is 0 Å². The second kappa shape index (κ2) is 4.37. The van der Waals surface area contributed by atoms with Crippen LogP contribution in [0.25, 0.3) is 0 Å². The molecule has 1 rings (SSSR count). The van der Waals surface area contributed by atoms with Gasteiger partial charge >= 0.3 is 0 Å². The fourth-order valence-electron chi connectivity index (χ4n) is 1.32. The molecule has 0 aromatic rings. The van der Waals surface area contributed by atoms with Crippen molar-refractivity contribution in [2.24, 2.45) is 0 Å². The molecule has 0 heterocycles. The molecule has 0 aromatic heterocycles. The van der Waals surface area contributed by atoms with E-state index in [4.69, 9.17) is 5.11 Å². The first-order chi connectivity index (χ1) is 6.15. The van der Waals surface area contributed by atoms with Crippen LogP contribution >= 0.6 is 0 Å². The first-order valence-electron chi connectivity index (χ1n) is 4.55. The number of Topliss-reactive ketones (excluding diaryl/α,β-unsaturated/α-hetero) is 1. The van der Waals surface area contributed by atoms with Crippen molar-refractivity contribution in [1.82, 2.24) is 4.90 Å². The summed E-state index contributed by atoms with van der Waals surface area (Å²) in [6, 6.07) is 0.277. The zero-order valence-corrected chi connectivity index (χ0v) is 7.82. The molecule has 4 heteroatoms. The van der Waals surface area contributed by atoms with Gasteiger partial charge in [-0.25, -0.2) is 0 Å². The Balaban J connectivity index is 2.43. The molecule has 13 heavy (non-hydrogen) atoms. The lowest BCUT2D eigenvalue weighted by Gasteiger charge is -2.20. The maximum absolute atomic E-state index is 11.4. The van der Waals surface area contributed by atoms with Crippen LogP contribution in [0.4, 0.5) is 0 Å². The quantitative estimate of drug-likeness (QED) is 0.611. The summed E-state index contributed by atoms with van der Waals surface area (Å²) in [7, 11) is 0. The van der Waals surface area contributed by atoms with Crippen LogP contribution in [0.15, 0.2) is 0 Å². The van der Waals surface area contributed by atoms with Crippen molar-refractivity contribution in [3.63, 3.8) is 0 Å². The maximum Gasteiger partial charge on any atom is 0.230 e. The molecule has 0 bridgehead atoms. The van der Waals surface area contributed by atoms with Gasteiger partial charge in [0.25, 0.3) is 0 Å². The summed E-state index contributed by atoms with van der Waals surface area (Å²) in [4.78, 5) is 23.7. The molecule has 0 unspecified atom stereocenters. The summed E-state index contributed by atoms with van der Waals surface area (Å²) in [5.74, 6) is -0.266. The monoisotopic (exact) mass is 185 g/mol. The molecule has 0 radical (unpaired) electrons. The summed E-state index contributed by atoms with van der Waals surface area (Å²) in [5, 5.41) is 8.72. The van der Waals surface area contributed by atoms with E-state index in [1.165, 1.54) is 6.92 Å². The number of aliphatic hydroxyl groups is 1. The molecule has 4 nitrogen and oxygen atoms in total. The number of ketones is 1. The molecule has 0 aromatic carbocycles. The van der Waals surface area contributed by atoms with Crippen molar-refractivity contribution in [1.29, 1.82) is 0 Å². The molecule has 0 aliphatic heterocycles. The highest BCUT2D eigenvalue weighted by molar-refractivity contribution is 5.97. The molecule has 1 saturated carbocycles. The SMILES string of the molecule is CC(=O)CC(=O)N(CCO)C1CC1. The topological polar surface area (TPSA) is 57.6 Å². The molecule has 0 saturated heterocycles. The van der Waals surface area contributed by atoms with Crippen molar-refractivity contribution in [2.75, 3.05) is 13.2 Å². The Bertz CT molecular complexity index is 211. The Morgan fingerprint density at radius 2 is 2.08 bits per heavy atom. The smallest absolute Gasteiger partial charge is 0.230 e. The molecule has 1 amide bonds. The van der Waals surface area contributed by atoms with Crippen molar-refractivity contribution < 1.29 is 14.7 Å². The van der Waals surface area contributed by atoms with Gasteiger partial charge in [0.05, 0.1) is 13.0 Å². The van der Waals surface area contributed by atoms with Gasteiger partial charge < -0.3 is 10.0 Å². The standard InChI is InChI=1S/C9H15NO3/c1-7(12)6-9(13)10(4-5-11)8-2-3-8/h8,11H,2-6H2,1H3. The van der Waals surface area contributed by atoms with E-state index in [1.54, 1.807) is 4.90 Å². The molecular weight excluding hydrogens is 170 g/mol. The highest BCUT2D eigenvalue weighted by Gasteiger charge is 2.32. The average molecular weight is 185 g/mol. The highest BCUT2D eigenvalue weighted by Crippen LogP contribution is 2.26. The third-order valence-electron chi connectivity index (χ3n) is 2.05. The highest BCUT2D eigenvalue weighted by atomic mass is 16.3. The number of aliphatic hydroxyl groups excluding tert-OH is 1. The van der Waals surface area contributed by atoms with Gasteiger partial charge in [0, 0.05) is 12.6 Å². The van der Waals surface area contributed by atoms with Crippen molar-refractivity contribution in [3.05, 3.63) is 0 Å². The molecular formula is C9H15NO3. The van der Waals surface area contributed by atoms with Crippen LogP contribution < -0.4 is 0 Å². The van der Waals surface area contributed by atoms with E-state index in [2.05, 4.69) is 0 Å². The third-order valence-corrected chi connectivity index (χ3v) is 2.05. The molecule has 1 N–H and O–H groups in total. The Kier molecular flexibility index (Phi) is 3.42. The molecule has 1 aliphatic rings. The van der Waals surface area contributed by atoms with Gasteiger partial charge in [0.2, 0.25) is 5.91 Å². The Hall–Kier alpha value is -0.900. The minimum absolute atomic E-state index is 0.0276. The summed E-state index contributed by atoms with van der Waals surface area (Å²) >= 11 is 0. The van der Waals surface area contributed by atoms with Gasteiger partial charge in [-0.1, -0.05) is 0 Å². The molecule has 0 atom stereocenters. The van der Waals surface area contributed by atoms with Crippen LogP contribution in [-0.4, -0.2) is 40.9 Å². The minimum atomic E-state index is -0.149. The van der Waals surface area contributed by atoms with Gasteiger partial charge in [-0.2, -0.15) is 0 Å². The van der Waals surface area contributed by atoms with Crippen molar-refractivity contribution in [2.45, 2.75) is 32.2 Å². The van der Waals surface area contributed by atoms with E-state index >= 15 is 0 Å². The summed E-state index contributed by atoms with van der Waals surface area (Å²) in [5.41, 5.74) is 0. The lowest BCUT2D eigenvalue weighted by atomic mass is 10.2. The van der Waals surface area contributed by atoms with Gasteiger partial charge in [-0.05, 0) is 19.8 Å². The number of hydrogen-bond donors (Lipinski definition) is 1. The largest absolute Gasteiger partial charge is 0.395 e. The van der Waals surface area contributed by atoms with E-state index in [1.807, 2.05) is 0 Å². The second-order valence-corrected chi connectivity index (χ2v) is 3.42. The predicted molar refractivity (Wildman–Crippen MR) is 47.1 cm³/mol. The summed E-state index contributed by atoms with van der Waals surface area (Å²) < 4.78 is 0. The number of amides is 1. The maximum atomic E-state index is 11.4. The number of carbonyl (C=O) groups is 2. The molecule has 1 aliphatic carbocycles. The average Bonchev–Trinajstić information content (AvgIpc) is 2.81. The Labute approximate surface area is 77.5 Å². The van der Waals surface area contributed by atoms with Gasteiger partial charge in [-0.3, -0.25) is 9.59 Å². The van der Waals surface area contributed by atoms with Crippen LogP contribution in [0.1, 0.15) is 26.2 Å². The summed E-state index contributed by atoms with van der Waals surface area (Å²) in [6.07, 6.45) is 1.98. The van der Waals surface area contributed by atoms with Gasteiger partial charge in [0.1, 0.15) is 5.78 Å². The van der Waals surface area contributed by atoms with Gasteiger partial charge in [0.15, 0.2) is 0 Å². The fourth-order valence-corrected chi connectivity index (χ4v) is 1.32. The van der Waals surface area contributed by atoms with E-state index in [0.717, 1.165) is 12.8 Å². The van der Waals surface area contributed by atoms with E-state index in [-0.39, 0.29) is 30.8 Å². The van der Waals surface area contributed by atoms with Crippen molar-refractivity contribution >= 4 is 11.7 Å². The first-order valence-corrected chi connectivity index (χ1v) is 4.55. The third kappa shape index (κ3) is 3.14. The number of rotatable bonds is 5. The van der Waals surface area contributed by atoms with Crippen LogP contribution in [0.3, 0.4) is 0 Å². The number of nitrogens with zero attached hydrogens (tertiary/aromatic N) is 1. The van der Waals surface area contributed by atoms with Crippen LogP contribution in [0.5, 0.6) is 0 Å². The molecule has 0 spiro atoms. The summed E-state index contributed by atoms with van der Waals surface area (Å²) in [6.45, 7) is 1.73. The lowest BCUT2D eigenvalue weighted by Crippen LogP contribution is -2.36. The van der Waals surface area contributed by atoms with Crippen LogP contribution in [0.2, 0.25) is 0 Å². The van der Waals surface area contributed by atoms with E-state index in [9.17, 15) is 9.59 Å². The van der Waals surface area contributed by atoms with E-state index in [0.29, 0.717) is 6.54 Å². The van der Waals surface area contributed by atoms with Crippen LogP contribution in [-0.2, 0) is 9.59 Å². The lowest BCUT2D eigenvalue weighted by molar-refractivity contribution is -0.135. The van der Waals surface area contributed by atoms with Gasteiger partial charge in [-0.15, -0.1) is 0 Å². The number of hydrogen-bond acceptors (Lipinski definition) is 3. The Morgan fingerprint density at radius 1 is 1.46 bits per heavy atom. The minimum Gasteiger partial charge on any atom is -0.395 e. The second-order valence-electron chi connectivity index (χ2n) is 3.42. The molecule has 74 valence electrons. The fraction of sp³-hybridized carbons (Fsp3) is 0.778. The molecule has 1 fully saturated rings. The van der Waals surface area contributed by atoms with Crippen LogP contribution in [0, 0.1) is 0 Å². The zero-order chi connectivity index (χ0) is 9.84. The normalized spacial score (nSPS) is 15.5. The Morgan fingerprint density at radius 3 is 2.46 bits per heavy atom. The first kappa shape index (κ1) is 10.2. The zero-order valence-electron chi connectivity index (χ0n) is 7.82.